The molecule has 0 bridgehead atoms. The summed E-state index contributed by atoms with van der Waals surface area (Å²) in [6.45, 7) is 0.533. The molecule has 4 nitrogen and oxygen atoms in total. The largest absolute Gasteiger partial charge is 0.416 e. The lowest BCUT2D eigenvalue weighted by atomic mass is 10.1. The summed E-state index contributed by atoms with van der Waals surface area (Å²) in [6.07, 6.45) is -5.45. The molecule has 2 aromatic carbocycles. The van der Waals surface area contributed by atoms with Crippen molar-refractivity contribution in [2.75, 3.05) is 6.54 Å². The molecule has 2 N–H and O–H groups in total. The molecule has 0 aliphatic heterocycles. The molecule has 25 heavy (non-hydrogen) atoms. The van der Waals surface area contributed by atoms with Gasteiger partial charge < -0.3 is 15.0 Å². The zero-order valence-electron chi connectivity index (χ0n) is 13.6. The lowest BCUT2D eigenvalue weighted by Crippen LogP contribution is -2.23. The fourth-order valence-electron chi connectivity index (χ4n) is 2.71. The summed E-state index contributed by atoms with van der Waals surface area (Å²) in [7, 11) is 1.90. The third kappa shape index (κ3) is 3.83. The molecule has 3 aromatic rings. The molecule has 1 heterocycles. The number of rotatable bonds is 5. The van der Waals surface area contributed by atoms with Crippen LogP contribution >= 0.6 is 0 Å². The molecule has 0 aliphatic carbocycles. The normalized spacial score (nSPS) is 13.3. The van der Waals surface area contributed by atoms with Crippen LogP contribution in [0.5, 0.6) is 0 Å². The quantitative estimate of drug-likeness (QED) is 0.742. The van der Waals surface area contributed by atoms with Crippen molar-refractivity contribution in [3.63, 3.8) is 0 Å². The van der Waals surface area contributed by atoms with Crippen LogP contribution in [0.1, 0.15) is 23.1 Å². The van der Waals surface area contributed by atoms with Gasteiger partial charge in [0.25, 0.3) is 0 Å². The van der Waals surface area contributed by atoms with Crippen molar-refractivity contribution in [2.45, 2.75) is 18.8 Å². The molecular weight excluding hydrogens is 331 g/mol. The number of aryl methyl sites for hydroxylation is 1. The monoisotopic (exact) mass is 349 g/mol. The van der Waals surface area contributed by atoms with Gasteiger partial charge in [0.2, 0.25) is 0 Å². The summed E-state index contributed by atoms with van der Waals surface area (Å²) in [5, 5.41) is 13.2. The number of para-hydroxylation sites is 2. The van der Waals surface area contributed by atoms with E-state index in [9.17, 15) is 18.3 Å². The van der Waals surface area contributed by atoms with Crippen molar-refractivity contribution >= 4 is 11.0 Å². The van der Waals surface area contributed by atoms with E-state index in [4.69, 9.17) is 0 Å². The highest BCUT2D eigenvalue weighted by Crippen LogP contribution is 2.30. The molecule has 1 unspecified atom stereocenters. The summed E-state index contributed by atoms with van der Waals surface area (Å²) >= 11 is 0. The van der Waals surface area contributed by atoms with Gasteiger partial charge in [0, 0.05) is 13.6 Å². The van der Waals surface area contributed by atoms with E-state index in [1.807, 2.05) is 35.9 Å². The average Bonchev–Trinajstić information content (AvgIpc) is 2.91. The molecule has 3 rings (SSSR count). The van der Waals surface area contributed by atoms with Gasteiger partial charge in [-0.2, -0.15) is 13.2 Å². The predicted octanol–water partition coefficient (Wildman–Crippen LogP) is 3.42. The predicted molar refractivity (Wildman–Crippen MR) is 88.8 cm³/mol. The van der Waals surface area contributed by atoms with Crippen LogP contribution < -0.4 is 5.32 Å². The van der Waals surface area contributed by atoms with Crippen LogP contribution in [0.15, 0.2) is 48.5 Å². The first kappa shape index (κ1) is 17.4. The second-order valence-electron chi connectivity index (χ2n) is 5.85. The number of alkyl halides is 3. The van der Waals surface area contributed by atoms with Crippen LogP contribution in [-0.2, 0) is 19.8 Å². The van der Waals surface area contributed by atoms with Gasteiger partial charge >= 0.3 is 6.18 Å². The topological polar surface area (TPSA) is 50.1 Å². The smallest absolute Gasteiger partial charge is 0.387 e. The number of aliphatic hydroxyl groups is 1. The van der Waals surface area contributed by atoms with E-state index < -0.39 is 17.8 Å². The summed E-state index contributed by atoms with van der Waals surface area (Å²) in [5.74, 6) is 0.789. The van der Waals surface area contributed by atoms with Gasteiger partial charge in [-0.3, -0.25) is 0 Å². The van der Waals surface area contributed by atoms with Crippen molar-refractivity contribution in [3.05, 3.63) is 65.5 Å². The second-order valence-corrected chi connectivity index (χ2v) is 5.85. The van der Waals surface area contributed by atoms with Crippen LogP contribution in [0, 0.1) is 0 Å². The molecule has 1 aromatic heterocycles. The van der Waals surface area contributed by atoms with E-state index in [1.54, 1.807) is 0 Å². The number of nitrogens with zero attached hydrogens (tertiary/aromatic N) is 2. The summed E-state index contributed by atoms with van der Waals surface area (Å²) < 4.78 is 40.2. The van der Waals surface area contributed by atoms with Crippen LogP contribution in [0.3, 0.4) is 0 Å². The van der Waals surface area contributed by atoms with Crippen LogP contribution in [0.2, 0.25) is 0 Å². The van der Waals surface area contributed by atoms with Crippen LogP contribution in [0.4, 0.5) is 13.2 Å². The fourth-order valence-corrected chi connectivity index (χ4v) is 2.71. The Bertz CT molecular complexity index is 873. The maximum Gasteiger partial charge on any atom is 0.416 e. The molecule has 0 aliphatic rings. The molecule has 7 heteroatoms. The average molecular weight is 349 g/mol. The molecule has 132 valence electrons. The van der Waals surface area contributed by atoms with Crippen molar-refractivity contribution in [1.82, 2.24) is 14.9 Å². The van der Waals surface area contributed by atoms with Crippen molar-refractivity contribution < 1.29 is 18.3 Å². The van der Waals surface area contributed by atoms with Crippen LogP contribution in [0.25, 0.3) is 11.0 Å². The number of benzene rings is 2. The molecule has 0 fully saturated rings. The highest BCUT2D eigenvalue weighted by molar-refractivity contribution is 5.75. The van der Waals surface area contributed by atoms with E-state index in [2.05, 4.69) is 10.3 Å². The van der Waals surface area contributed by atoms with Gasteiger partial charge in [-0.15, -0.1) is 0 Å². The Morgan fingerprint density at radius 3 is 2.64 bits per heavy atom. The minimum Gasteiger partial charge on any atom is -0.387 e. The van der Waals surface area contributed by atoms with Crippen molar-refractivity contribution in [3.8, 4) is 0 Å². The molecular formula is C18H18F3N3O. The van der Waals surface area contributed by atoms with E-state index in [1.165, 1.54) is 12.1 Å². The Kier molecular flexibility index (Phi) is 4.78. The minimum atomic E-state index is -4.42. The molecule has 0 saturated heterocycles. The van der Waals surface area contributed by atoms with Crippen LogP contribution in [-0.4, -0.2) is 21.2 Å². The number of hydrogen-bond acceptors (Lipinski definition) is 3. The molecule has 0 saturated carbocycles. The Morgan fingerprint density at radius 2 is 1.92 bits per heavy atom. The minimum absolute atomic E-state index is 0.129. The van der Waals surface area contributed by atoms with E-state index in [0.29, 0.717) is 6.54 Å². The van der Waals surface area contributed by atoms with E-state index >= 15 is 0 Å². The Morgan fingerprint density at radius 1 is 1.16 bits per heavy atom. The van der Waals surface area contributed by atoms with Crippen molar-refractivity contribution in [2.24, 2.45) is 7.05 Å². The Balaban J connectivity index is 1.64. The summed E-state index contributed by atoms with van der Waals surface area (Å²) in [6, 6.07) is 12.5. The third-order valence-corrected chi connectivity index (χ3v) is 4.10. The first-order valence-electron chi connectivity index (χ1n) is 7.82. The number of nitrogens with one attached hydrogen (secondary N) is 1. The molecule has 0 amide bonds. The fraction of sp³-hybridized carbons (Fsp3) is 0.278. The SMILES string of the molecule is Cn1c(CNCC(O)c2cccc(C(F)(F)F)c2)nc2ccccc21. The maximum atomic E-state index is 12.7. The first-order valence-corrected chi connectivity index (χ1v) is 7.82. The van der Waals surface area contributed by atoms with Crippen molar-refractivity contribution in [1.29, 1.82) is 0 Å². The van der Waals surface area contributed by atoms with Gasteiger partial charge in [0.05, 0.1) is 29.2 Å². The zero-order chi connectivity index (χ0) is 18.0. The lowest BCUT2D eigenvalue weighted by molar-refractivity contribution is -0.137. The Labute approximate surface area is 142 Å². The summed E-state index contributed by atoms with van der Waals surface area (Å²) in [4.78, 5) is 4.50. The number of aliphatic hydroxyl groups excluding tert-OH is 1. The maximum absolute atomic E-state index is 12.7. The first-order chi connectivity index (χ1) is 11.9. The van der Waals surface area contributed by atoms with Gasteiger partial charge in [-0.05, 0) is 29.8 Å². The number of aromatic nitrogens is 2. The number of fused-ring (bicyclic) bond motifs is 1. The Hall–Kier alpha value is -2.38. The third-order valence-electron chi connectivity index (χ3n) is 4.10. The van der Waals surface area contributed by atoms with Gasteiger partial charge in [0.1, 0.15) is 5.82 Å². The molecule has 1 atom stereocenters. The highest BCUT2D eigenvalue weighted by Gasteiger charge is 2.30. The van der Waals surface area contributed by atoms with E-state index in [-0.39, 0.29) is 12.1 Å². The van der Waals surface area contributed by atoms with Gasteiger partial charge in [-0.1, -0.05) is 24.3 Å². The molecule has 0 radical (unpaired) electrons. The van der Waals surface area contributed by atoms with Gasteiger partial charge in [-0.25, -0.2) is 4.98 Å². The lowest BCUT2D eigenvalue weighted by Gasteiger charge is -2.14. The zero-order valence-corrected chi connectivity index (χ0v) is 13.6. The number of hydrogen-bond donors (Lipinski definition) is 2. The standard InChI is InChI=1S/C18H18F3N3O/c1-24-15-8-3-2-7-14(15)23-17(24)11-22-10-16(25)12-5-4-6-13(9-12)18(19,20)21/h2-9,16,22,25H,10-11H2,1H3. The highest BCUT2D eigenvalue weighted by atomic mass is 19.4. The second kappa shape index (κ2) is 6.85. The number of imidazole rings is 1. The van der Waals surface area contributed by atoms with Gasteiger partial charge in [0.15, 0.2) is 0 Å². The summed E-state index contributed by atoms with van der Waals surface area (Å²) in [5.41, 5.74) is 1.34. The molecule has 0 spiro atoms. The number of halogens is 3. The van der Waals surface area contributed by atoms with E-state index in [0.717, 1.165) is 29.0 Å².